The predicted octanol–water partition coefficient (Wildman–Crippen LogP) is 2.91. The van der Waals surface area contributed by atoms with Gasteiger partial charge in [0.05, 0.1) is 0 Å². The zero-order chi connectivity index (χ0) is 12.3. The van der Waals surface area contributed by atoms with Crippen molar-refractivity contribution >= 4 is 12.4 Å². The lowest BCUT2D eigenvalue weighted by molar-refractivity contribution is 0.169. The molecule has 1 atom stereocenters. The van der Waals surface area contributed by atoms with Crippen molar-refractivity contribution in [2.24, 2.45) is 0 Å². The molecule has 1 saturated heterocycles. The monoisotopic (exact) mass is 272 g/mol. The minimum absolute atomic E-state index is 0. The summed E-state index contributed by atoms with van der Waals surface area (Å²) < 4.78 is 13.3. The van der Waals surface area contributed by atoms with Gasteiger partial charge in [-0.05, 0) is 30.5 Å². The largest absolute Gasteiger partial charge is 0.314 e. The second-order valence-electron chi connectivity index (χ2n) is 4.72. The molecule has 1 aromatic rings. The lowest BCUT2D eigenvalue weighted by Gasteiger charge is -2.34. The van der Waals surface area contributed by atoms with Crippen molar-refractivity contribution in [2.45, 2.75) is 26.3 Å². The molecule has 0 unspecified atom stereocenters. The normalized spacial score (nSPS) is 18.2. The summed E-state index contributed by atoms with van der Waals surface area (Å²) in [6.07, 6.45) is 1.07. The maximum absolute atomic E-state index is 13.3. The Kier molecular flexibility index (Phi) is 6.06. The van der Waals surface area contributed by atoms with Crippen LogP contribution < -0.4 is 5.32 Å². The molecule has 1 aliphatic heterocycles. The van der Waals surface area contributed by atoms with Crippen molar-refractivity contribution in [1.29, 1.82) is 0 Å². The highest BCUT2D eigenvalue weighted by Crippen LogP contribution is 2.25. The molecule has 102 valence electrons. The number of nitrogens with zero attached hydrogens (tertiary/aromatic N) is 1. The summed E-state index contributed by atoms with van der Waals surface area (Å²) in [5.74, 6) is -0.107. The molecule has 0 amide bonds. The fraction of sp³-hybridized carbons (Fsp3) is 0.571. The third-order valence-electron chi connectivity index (χ3n) is 3.55. The third-order valence-corrected chi connectivity index (χ3v) is 3.55. The van der Waals surface area contributed by atoms with Gasteiger partial charge in [0, 0.05) is 32.2 Å². The van der Waals surface area contributed by atoms with Gasteiger partial charge in [0.25, 0.3) is 0 Å². The SMILES string of the molecule is CC[C@@H](c1ccc(F)c(C)c1)N1CCNCC1.Cl. The van der Waals surface area contributed by atoms with Crippen LogP contribution in [-0.2, 0) is 0 Å². The van der Waals surface area contributed by atoms with Gasteiger partial charge in [-0.25, -0.2) is 4.39 Å². The van der Waals surface area contributed by atoms with Crippen molar-refractivity contribution in [3.8, 4) is 0 Å². The molecule has 0 aliphatic carbocycles. The van der Waals surface area contributed by atoms with Crippen LogP contribution in [0.4, 0.5) is 4.39 Å². The Morgan fingerprint density at radius 3 is 2.56 bits per heavy atom. The number of piperazine rings is 1. The summed E-state index contributed by atoms with van der Waals surface area (Å²) in [5.41, 5.74) is 1.99. The van der Waals surface area contributed by atoms with Crippen LogP contribution in [0.15, 0.2) is 18.2 Å². The molecular formula is C14H22ClFN2. The van der Waals surface area contributed by atoms with Gasteiger partial charge < -0.3 is 5.32 Å². The molecular weight excluding hydrogens is 251 g/mol. The average Bonchev–Trinajstić information content (AvgIpc) is 2.36. The molecule has 0 aromatic heterocycles. The van der Waals surface area contributed by atoms with Crippen LogP contribution in [0.2, 0.25) is 0 Å². The second-order valence-corrected chi connectivity index (χ2v) is 4.72. The van der Waals surface area contributed by atoms with E-state index in [1.54, 1.807) is 6.07 Å². The van der Waals surface area contributed by atoms with Gasteiger partial charge in [-0.15, -0.1) is 12.4 Å². The minimum Gasteiger partial charge on any atom is -0.314 e. The standard InChI is InChI=1S/C14H21FN2.ClH/c1-3-14(17-8-6-16-7-9-17)12-4-5-13(15)11(2)10-12;/h4-5,10,14,16H,3,6-9H2,1-2H3;1H/t14-;/m0./s1. The van der Waals surface area contributed by atoms with E-state index in [0.29, 0.717) is 6.04 Å². The van der Waals surface area contributed by atoms with E-state index in [1.165, 1.54) is 5.56 Å². The van der Waals surface area contributed by atoms with Crippen LogP contribution >= 0.6 is 12.4 Å². The Balaban J connectivity index is 0.00000162. The first-order valence-corrected chi connectivity index (χ1v) is 6.43. The van der Waals surface area contributed by atoms with Crippen LogP contribution in [0.5, 0.6) is 0 Å². The lowest BCUT2D eigenvalue weighted by atomic mass is 10.00. The number of rotatable bonds is 3. The van der Waals surface area contributed by atoms with Crippen molar-refractivity contribution in [3.05, 3.63) is 35.1 Å². The Hall–Kier alpha value is -0.640. The van der Waals surface area contributed by atoms with Crippen LogP contribution in [0, 0.1) is 12.7 Å². The van der Waals surface area contributed by atoms with Crippen LogP contribution in [0.25, 0.3) is 0 Å². The summed E-state index contributed by atoms with van der Waals surface area (Å²) in [5, 5.41) is 3.36. The van der Waals surface area contributed by atoms with E-state index in [-0.39, 0.29) is 18.2 Å². The van der Waals surface area contributed by atoms with E-state index in [1.807, 2.05) is 19.1 Å². The smallest absolute Gasteiger partial charge is 0.126 e. The average molecular weight is 273 g/mol. The highest BCUT2D eigenvalue weighted by molar-refractivity contribution is 5.85. The fourth-order valence-electron chi connectivity index (χ4n) is 2.57. The number of nitrogens with one attached hydrogen (secondary N) is 1. The lowest BCUT2D eigenvalue weighted by Crippen LogP contribution is -2.45. The molecule has 2 nitrogen and oxygen atoms in total. The van der Waals surface area contributed by atoms with E-state index in [2.05, 4.69) is 17.1 Å². The summed E-state index contributed by atoms with van der Waals surface area (Å²) in [6.45, 7) is 8.30. The minimum atomic E-state index is -0.107. The van der Waals surface area contributed by atoms with Crippen molar-refractivity contribution in [2.75, 3.05) is 26.2 Å². The number of benzene rings is 1. The number of aryl methyl sites for hydroxylation is 1. The Labute approximate surface area is 115 Å². The van der Waals surface area contributed by atoms with Gasteiger partial charge in [-0.1, -0.05) is 19.1 Å². The number of hydrogen-bond acceptors (Lipinski definition) is 2. The first kappa shape index (κ1) is 15.4. The highest BCUT2D eigenvalue weighted by atomic mass is 35.5. The summed E-state index contributed by atoms with van der Waals surface area (Å²) in [6, 6.07) is 5.94. The van der Waals surface area contributed by atoms with Crippen molar-refractivity contribution < 1.29 is 4.39 Å². The molecule has 18 heavy (non-hydrogen) atoms. The second kappa shape index (κ2) is 7.07. The Bertz CT molecular complexity index is 378. The molecule has 1 aromatic carbocycles. The molecule has 0 radical (unpaired) electrons. The quantitative estimate of drug-likeness (QED) is 0.910. The fourth-order valence-corrected chi connectivity index (χ4v) is 2.57. The molecule has 4 heteroatoms. The molecule has 2 rings (SSSR count). The maximum Gasteiger partial charge on any atom is 0.126 e. The first-order chi connectivity index (χ1) is 8.22. The third kappa shape index (κ3) is 3.44. The predicted molar refractivity (Wildman–Crippen MR) is 75.9 cm³/mol. The van der Waals surface area contributed by atoms with Crippen LogP contribution in [0.1, 0.15) is 30.5 Å². The molecule has 0 spiro atoms. The number of hydrogen-bond donors (Lipinski definition) is 1. The summed E-state index contributed by atoms with van der Waals surface area (Å²) in [4.78, 5) is 2.49. The molecule has 1 fully saturated rings. The summed E-state index contributed by atoms with van der Waals surface area (Å²) >= 11 is 0. The van der Waals surface area contributed by atoms with E-state index in [0.717, 1.165) is 38.2 Å². The highest BCUT2D eigenvalue weighted by Gasteiger charge is 2.20. The van der Waals surface area contributed by atoms with Gasteiger partial charge in [0.2, 0.25) is 0 Å². The molecule has 1 heterocycles. The maximum atomic E-state index is 13.3. The molecule has 1 aliphatic rings. The van der Waals surface area contributed by atoms with Crippen molar-refractivity contribution in [3.63, 3.8) is 0 Å². The first-order valence-electron chi connectivity index (χ1n) is 6.43. The molecule has 0 saturated carbocycles. The zero-order valence-electron chi connectivity index (χ0n) is 11.1. The van der Waals surface area contributed by atoms with Gasteiger partial charge >= 0.3 is 0 Å². The zero-order valence-corrected chi connectivity index (χ0v) is 11.9. The van der Waals surface area contributed by atoms with E-state index in [9.17, 15) is 4.39 Å². The van der Waals surface area contributed by atoms with Gasteiger partial charge in [0.15, 0.2) is 0 Å². The summed E-state index contributed by atoms with van der Waals surface area (Å²) in [7, 11) is 0. The number of halogens is 2. The topological polar surface area (TPSA) is 15.3 Å². The molecule has 1 N–H and O–H groups in total. The van der Waals surface area contributed by atoms with Gasteiger partial charge in [-0.3, -0.25) is 4.90 Å². The van der Waals surface area contributed by atoms with Gasteiger partial charge in [0.1, 0.15) is 5.82 Å². The van der Waals surface area contributed by atoms with E-state index >= 15 is 0 Å². The van der Waals surface area contributed by atoms with E-state index < -0.39 is 0 Å². The van der Waals surface area contributed by atoms with Crippen molar-refractivity contribution in [1.82, 2.24) is 10.2 Å². The van der Waals surface area contributed by atoms with Crippen LogP contribution in [-0.4, -0.2) is 31.1 Å². The van der Waals surface area contributed by atoms with E-state index in [4.69, 9.17) is 0 Å². The van der Waals surface area contributed by atoms with Crippen LogP contribution in [0.3, 0.4) is 0 Å². The molecule has 0 bridgehead atoms. The Morgan fingerprint density at radius 2 is 2.00 bits per heavy atom. The Morgan fingerprint density at radius 1 is 1.33 bits per heavy atom. The van der Waals surface area contributed by atoms with Gasteiger partial charge in [-0.2, -0.15) is 0 Å².